The minimum absolute atomic E-state index is 0.0611. The molecule has 0 unspecified atom stereocenters. The lowest BCUT2D eigenvalue weighted by Gasteiger charge is -2.07. The SMILES string of the molecule is CCCOc1ccc(/C=N\NC(=O)c2cccn(CC)c2=O)cc1Br. The van der Waals surface area contributed by atoms with Gasteiger partial charge in [-0.15, -0.1) is 0 Å². The van der Waals surface area contributed by atoms with Gasteiger partial charge in [0.15, 0.2) is 0 Å². The van der Waals surface area contributed by atoms with E-state index in [1.165, 1.54) is 16.8 Å². The number of halogens is 1. The number of carbonyl (C=O) groups is 1. The van der Waals surface area contributed by atoms with Crippen molar-refractivity contribution in [3.05, 3.63) is 62.5 Å². The summed E-state index contributed by atoms with van der Waals surface area (Å²) in [5.41, 5.74) is 2.89. The van der Waals surface area contributed by atoms with Gasteiger partial charge in [-0.1, -0.05) is 6.92 Å². The number of hydrazone groups is 1. The molecule has 0 aliphatic heterocycles. The summed E-state index contributed by atoms with van der Waals surface area (Å²) >= 11 is 3.44. The summed E-state index contributed by atoms with van der Waals surface area (Å²) in [6, 6.07) is 8.65. The zero-order chi connectivity index (χ0) is 18.2. The largest absolute Gasteiger partial charge is 0.492 e. The van der Waals surface area contributed by atoms with Crippen LogP contribution in [0.4, 0.5) is 0 Å². The molecular weight excluding hydrogens is 386 g/mol. The molecular formula is C18H20BrN3O3. The van der Waals surface area contributed by atoms with Crippen LogP contribution in [0.25, 0.3) is 0 Å². The van der Waals surface area contributed by atoms with E-state index in [-0.39, 0.29) is 11.1 Å². The quantitative estimate of drug-likeness (QED) is 0.567. The molecule has 0 atom stereocenters. The topological polar surface area (TPSA) is 72.7 Å². The first-order chi connectivity index (χ1) is 12.1. The molecule has 1 aromatic heterocycles. The van der Waals surface area contributed by atoms with E-state index >= 15 is 0 Å². The molecule has 0 fully saturated rings. The number of aryl methyl sites for hydroxylation is 1. The molecule has 2 aromatic rings. The molecule has 0 spiro atoms. The Balaban J connectivity index is 2.04. The molecule has 25 heavy (non-hydrogen) atoms. The lowest BCUT2D eigenvalue weighted by atomic mass is 10.2. The fourth-order valence-electron chi connectivity index (χ4n) is 2.11. The van der Waals surface area contributed by atoms with Crippen LogP contribution in [0.15, 0.2) is 50.9 Å². The summed E-state index contributed by atoms with van der Waals surface area (Å²) in [5, 5.41) is 3.91. The third-order valence-corrected chi connectivity index (χ3v) is 4.02. The number of hydrogen-bond acceptors (Lipinski definition) is 4. The highest BCUT2D eigenvalue weighted by Gasteiger charge is 2.10. The Kier molecular flexibility index (Phi) is 6.94. The Hall–Kier alpha value is -2.41. The number of nitrogens with one attached hydrogen (secondary N) is 1. The second-order valence-electron chi connectivity index (χ2n) is 5.25. The summed E-state index contributed by atoms with van der Waals surface area (Å²) in [4.78, 5) is 24.2. The minimum Gasteiger partial charge on any atom is -0.492 e. The first kappa shape index (κ1) is 18.9. The second-order valence-corrected chi connectivity index (χ2v) is 6.10. The predicted octanol–water partition coefficient (Wildman–Crippen LogP) is 3.18. The molecule has 1 aromatic carbocycles. The van der Waals surface area contributed by atoms with Crippen LogP contribution in [0, 0.1) is 0 Å². The normalized spacial score (nSPS) is 10.8. The van der Waals surface area contributed by atoms with Gasteiger partial charge >= 0.3 is 0 Å². The third kappa shape index (κ3) is 5.03. The number of ether oxygens (including phenoxy) is 1. The zero-order valence-corrected chi connectivity index (χ0v) is 15.7. The van der Waals surface area contributed by atoms with E-state index in [4.69, 9.17) is 4.74 Å². The molecule has 0 saturated heterocycles. The van der Waals surface area contributed by atoms with Gasteiger partial charge in [0.25, 0.3) is 11.5 Å². The Bertz CT molecular complexity index is 831. The fraction of sp³-hybridized carbons (Fsp3) is 0.278. The Morgan fingerprint density at radius 1 is 1.36 bits per heavy atom. The standard InChI is InChI=1S/C18H20BrN3O3/c1-3-10-25-16-8-7-13(11-15(16)19)12-20-21-17(23)14-6-5-9-22(4-2)18(14)24/h5-9,11-12H,3-4,10H2,1-2H3,(H,21,23)/b20-12-. The average Bonchev–Trinajstić information content (AvgIpc) is 2.61. The highest BCUT2D eigenvalue weighted by atomic mass is 79.9. The van der Waals surface area contributed by atoms with Crippen LogP contribution in [-0.2, 0) is 6.54 Å². The van der Waals surface area contributed by atoms with Gasteiger partial charge in [-0.2, -0.15) is 5.10 Å². The summed E-state index contributed by atoms with van der Waals surface area (Å²) in [5.74, 6) is 0.221. The van der Waals surface area contributed by atoms with Crippen molar-refractivity contribution in [2.24, 2.45) is 5.10 Å². The van der Waals surface area contributed by atoms with E-state index in [9.17, 15) is 9.59 Å². The fourth-order valence-corrected chi connectivity index (χ4v) is 2.62. The van der Waals surface area contributed by atoms with Crippen molar-refractivity contribution in [3.8, 4) is 5.75 Å². The Labute approximate surface area is 154 Å². The summed E-state index contributed by atoms with van der Waals surface area (Å²) in [6.45, 7) is 5.03. The molecule has 1 heterocycles. The number of pyridine rings is 1. The Morgan fingerprint density at radius 3 is 2.84 bits per heavy atom. The number of amides is 1. The maximum atomic E-state index is 12.1. The summed E-state index contributed by atoms with van der Waals surface area (Å²) in [7, 11) is 0. The van der Waals surface area contributed by atoms with Crippen molar-refractivity contribution in [1.82, 2.24) is 9.99 Å². The number of rotatable bonds is 7. The second kappa shape index (κ2) is 9.17. The van der Waals surface area contributed by atoms with Crippen molar-refractivity contribution in [1.29, 1.82) is 0 Å². The van der Waals surface area contributed by atoms with Crippen LogP contribution >= 0.6 is 15.9 Å². The van der Waals surface area contributed by atoms with Gasteiger partial charge in [0, 0.05) is 12.7 Å². The maximum Gasteiger partial charge on any atom is 0.276 e. The van der Waals surface area contributed by atoms with Gasteiger partial charge in [0.05, 0.1) is 17.3 Å². The van der Waals surface area contributed by atoms with Crippen molar-refractivity contribution < 1.29 is 9.53 Å². The monoisotopic (exact) mass is 405 g/mol. The molecule has 0 radical (unpaired) electrons. The van der Waals surface area contributed by atoms with Gasteiger partial charge < -0.3 is 9.30 Å². The predicted molar refractivity (Wildman–Crippen MR) is 101 cm³/mol. The van der Waals surface area contributed by atoms with Gasteiger partial charge in [-0.3, -0.25) is 9.59 Å². The Morgan fingerprint density at radius 2 is 2.16 bits per heavy atom. The van der Waals surface area contributed by atoms with E-state index in [0.29, 0.717) is 13.2 Å². The highest BCUT2D eigenvalue weighted by molar-refractivity contribution is 9.10. The van der Waals surface area contributed by atoms with Crippen molar-refractivity contribution in [2.45, 2.75) is 26.8 Å². The van der Waals surface area contributed by atoms with Crippen molar-refractivity contribution in [3.63, 3.8) is 0 Å². The number of aromatic nitrogens is 1. The van der Waals surface area contributed by atoms with Gasteiger partial charge in [-0.25, -0.2) is 5.43 Å². The van der Waals surface area contributed by atoms with E-state index in [2.05, 4.69) is 26.5 Å². The molecule has 0 aliphatic carbocycles. The van der Waals surface area contributed by atoms with Crippen LogP contribution < -0.4 is 15.7 Å². The van der Waals surface area contributed by atoms with E-state index in [1.807, 2.05) is 32.0 Å². The number of carbonyl (C=O) groups excluding carboxylic acids is 1. The van der Waals surface area contributed by atoms with E-state index in [1.54, 1.807) is 12.3 Å². The van der Waals surface area contributed by atoms with E-state index < -0.39 is 5.91 Å². The van der Waals surface area contributed by atoms with Gasteiger partial charge in [-0.05, 0) is 65.2 Å². The average molecular weight is 406 g/mol. The van der Waals surface area contributed by atoms with Gasteiger partial charge in [0.1, 0.15) is 11.3 Å². The molecule has 0 aliphatic rings. The maximum absolute atomic E-state index is 12.1. The molecule has 132 valence electrons. The van der Waals surface area contributed by atoms with Crippen LogP contribution in [0.1, 0.15) is 36.2 Å². The van der Waals surface area contributed by atoms with E-state index in [0.717, 1.165) is 22.2 Å². The van der Waals surface area contributed by atoms with Crippen LogP contribution in [0.5, 0.6) is 5.75 Å². The minimum atomic E-state index is -0.536. The number of hydrogen-bond donors (Lipinski definition) is 1. The first-order valence-electron chi connectivity index (χ1n) is 8.02. The van der Waals surface area contributed by atoms with Crippen molar-refractivity contribution >= 4 is 28.1 Å². The smallest absolute Gasteiger partial charge is 0.276 e. The van der Waals surface area contributed by atoms with Crippen LogP contribution in [0.3, 0.4) is 0 Å². The molecule has 0 saturated carbocycles. The lowest BCUT2D eigenvalue weighted by Crippen LogP contribution is -2.30. The summed E-state index contributed by atoms with van der Waals surface area (Å²) in [6.07, 6.45) is 4.08. The number of nitrogens with zero attached hydrogens (tertiary/aromatic N) is 2. The van der Waals surface area contributed by atoms with Crippen molar-refractivity contribution in [2.75, 3.05) is 6.61 Å². The highest BCUT2D eigenvalue weighted by Crippen LogP contribution is 2.25. The molecule has 0 bridgehead atoms. The molecule has 1 N–H and O–H groups in total. The lowest BCUT2D eigenvalue weighted by molar-refractivity contribution is 0.0953. The third-order valence-electron chi connectivity index (χ3n) is 3.40. The van der Waals surface area contributed by atoms with Gasteiger partial charge in [0.2, 0.25) is 0 Å². The van der Waals surface area contributed by atoms with Crippen LogP contribution in [0.2, 0.25) is 0 Å². The zero-order valence-electron chi connectivity index (χ0n) is 14.2. The first-order valence-corrected chi connectivity index (χ1v) is 8.81. The molecule has 7 heteroatoms. The number of benzene rings is 1. The molecule has 6 nitrogen and oxygen atoms in total. The summed E-state index contributed by atoms with van der Waals surface area (Å²) < 4.78 is 7.85. The van der Waals surface area contributed by atoms with Crippen LogP contribution in [-0.4, -0.2) is 23.3 Å². The molecule has 2 rings (SSSR count). The molecule has 1 amide bonds.